The highest BCUT2D eigenvalue weighted by Crippen LogP contribution is 2.37. The van der Waals surface area contributed by atoms with Crippen LogP contribution in [0.2, 0.25) is 10.0 Å². The van der Waals surface area contributed by atoms with Gasteiger partial charge in [-0.05, 0) is 48.2 Å². The van der Waals surface area contributed by atoms with E-state index in [0.717, 1.165) is 5.56 Å². The minimum Gasteiger partial charge on any atom is -0.478 e. The third-order valence-electron chi connectivity index (χ3n) is 5.68. The molecule has 9 heteroatoms. The number of benzene rings is 1. The van der Waals surface area contributed by atoms with E-state index in [1.807, 2.05) is 18.2 Å². The fourth-order valence-corrected chi connectivity index (χ4v) is 4.29. The Labute approximate surface area is 200 Å². The number of likely N-dealkylation sites (tertiary alicyclic amines) is 1. The molecule has 4 rings (SSSR count). The summed E-state index contributed by atoms with van der Waals surface area (Å²) in [6, 6.07) is 13.4. The second-order valence-corrected chi connectivity index (χ2v) is 8.57. The van der Waals surface area contributed by atoms with Crippen LogP contribution in [0.25, 0.3) is 0 Å². The van der Waals surface area contributed by atoms with E-state index < -0.39 is 5.95 Å². The molecule has 0 N–H and O–H groups in total. The Balaban J connectivity index is 1.49. The maximum Gasteiger partial charge on any atom is 0.255 e. The third kappa shape index (κ3) is 5.41. The third-order valence-corrected chi connectivity index (χ3v) is 6.42. The first-order chi connectivity index (χ1) is 15.9. The second-order valence-electron chi connectivity index (χ2n) is 7.75. The van der Waals surface area contributed by atoms with Crippen molar-refractivity contribution in [1.29, 1.82) is 5.26 Å². The van der Waals surface area contributed by atoms with Gasteiger partial charge in [-0.3, -0.25) is 4.79 Å². The maximum atomic E-state index is 13.2. The number of amides is 1. The van der Waals surface area contributed by atoms with E-state index in [-0.39, 0.29) is 17.7 Å². The van der Waals surface area contributed by atoms with Gasteiger partial charge in [-0.25, -0.2) is 9.97 Å². The van der Waals surface area contributed by atoms with Crippen molar-refractivity contribution in [2.24, 2.45) is 5.92 Å². The van der Waals surface area contributed by atoms with Gasteiger partial charge in [0.2, 0.25) is 11.8 Å². The summed E-state index contributed by atoms with van der Waals surface area (Å²) in [7, 11) is 0. The number of carbonyl (C=O) groups excluding carboxylic acids is 1. The molecule has 1 aromatic carbocycles. The van der Waals surface area contributed by atoms with Crippen molar-refractivity contribution in [1.82, 2.24) is 14.9 Å². The average Bonchev–Trinajstić information content (AvgIpc) is 3.25. The van der Waals surface area contributed by atoms with Gasteiger partial charge in [0.1, 0.15) is 6.07 Å². The Bertz CT molecular complexity index is 1180. The largest absolute Gasteiger partial charge is 0.478 e. The standard InChI is InChI=1S/C24H19Cl2FN4O2/c25-20-4-2-16(9-21(20)26)19-14-31(24(32)17-3-5-22(27)29-12-17)13-18(19)7-8-33-23-6-1-15(10-28)11-30-23/h1-6,9,11-12,18-19H,7-8,13-14H2. The molecule has 2 aromatic heterocycles. The van der Waals surface area contributed by atoms with E-state index in [1.54, 1.807) is 23.1 Å². The fourth-order valence-electron chi connectivity index (χ4n) is 3.98. The number of rotatable bonds is 6. The minimum absolute atomic E-state index is 0.0228. The van der Waals surface area contributed by atoms with Crippen LogP contribution in [0.1, 0.15) is 33.8 Å². The summed E-state index contributed by atoms with van der Waals surface area (Å²) in [6.07, 6.45) is 3.37. The quantitative estimate of drug-likeness (QED) is 0.453. The highest BCUT2D eigenvalue weighted by molar-refractivity contribution is 6.42. The van der Waals surface area contributed by atoms with Gasteiger partial charge in [-0.2, -0.15) is 9.65 Å². The number of ether oxygens (including phenoxy) is 1. The number of nitrogens with zero attached hydrogens (tertiary/aromatic N) is 4. The first kappa shape index (κ1) is 23.0. The SMILES string of the molecule is N#Cc1ccc(OCCC2CN(C(=O)c3ccc(F)nc3)CC2c2ccc(Cl)c(Cl)c2)nc1. The molecule has 1 aliphatic rings. The predicted molar refractivity (Wildman–Crippen MR) is 122 cm³/mol. The fraction of sp³-hybridized carbons (Fsp3) is 0.250. The number of pyridine rings is 2. The summed E-state index contributed by atoms with van der Waals surface area (Å²) in [5.74, 6) is -0.283. The number of hydrogen-bond acceptors (Lipinski definition) is 5. The van der Waals surface area contributed by atoms with Crippen LogP contribution >= 0.6 is 23.2 Å². The van der Waals surface area contributed by atoms with Gasteiger partial charge >= 0.3 is 0 Å². The van der Waals surface area contributed by atoms with Gasteiger partial charge in [0.05, 0.1) is 27.8 Å². The van der Waals surface area contributed by atoms with Gasteiger partial charge in [-0.15, -0.1) is 0 Å². The van der Waals surface area contributed by atoms with Crippen LogP contribution in [0.15, 0.2) is 54.9 Å². The number of aromatic nitrogens is 2. The van der Waals surface area contributed by atoms with E-state index in [0.29, 0.717) is 53.2 Å². The lowest BCUT2D eigenvalue weighted by atomic mass is 9.87. The van der Waals surface area contributed by atoms with Crippen LogP contribution in [0.4, 0.5) is 4.39 Å². The van der Waals surface area contributed by atoms with Gasteiger partial charge in [-0.1, -0.05) is 29.3 Å². The Morgan fingerprint density at radius 2 is 1.97 bits per heavy atom. The molecule has 33 heavy (non-hydrogen) atoms. The molecular weight excluding hydrogens is 466 g/mol. The topological polar surface area (TPSA) is 79.1 Å². The lowest BCUT2D eigenvalue weighted by Gasteiger charge is -2.19. The van der Waals surface area contributed by atoms with Crippen molar-refractivity contribution in [3.63, 3.8) is 0 Å². The molecule has 1 fully saturated rings. The van der Waals surface area contributed by atoms with Crippen LogP contribution in [-0.4, -0.2) is 40.5 Å². The van der Waals surface area contributed by atoms with Crippen molar-refractivity contribution in [3.05, 3.63) is 87.5 Å². The first-order valence-electron chi connectivity index (χ1n) is 10.3. The molecule has 2 unspecified atom stereocenters. The van der Waals surface area contributed by atoms with Crippen LogP contribution in [0.5, 0.6) is 5.88 Å². The lowest BCUT2D eigenvalue weighted by molar-refractivity contribution is 0.0783. The molecule has 0 radical (unpaired) electrons. The van der Waals surface area contributed by atoms with Crippen molar-refractivity contribution >= 4 is 29.1 Å². The Morgan fingerprint density at radius 3 is 2.64 bits per heavy atom. The van der Waals surface area contributed by atoms with Gasteiger partial charge < -0.3 is 9.64 Å². The molecule has 0 spiro atoms. The summed E-state index contributed by atoms with van der Waals surface area (Å²) >= 11 is 12.3. The smallest absolute Gasteiger partial charge is 0.255 e. The van der Waals surface area contributed by atoms with E-state index in [4.69, 9.17) is 33.2 Å². The molecular formula is C24H19Cl2FN4O2. The van der Waals surface area contributed by atoms with Crippen LogP contribution < -0.4 is 4.74 Å². The summed E-state index contributed by atoms with van der Waals surface area (Å²) in [6.45, 7) is 1.38. The molecule has 2 atom stereocenters. The number of carbonyl (C=O) groups is 1. The van der Waals surface area contributed by atoms with E-state index in [1.165, 1.54) is 24.5 Å². The van der Waals surface area contributed by atoms with Crippen molar-refractivity contribution in [2.75, 3.05) is 19.7 Å². The molecule has 1 aliphatic heterocycles. The van der Waals surface area contributed by atoms with Crippen LogP contribution in [-0.2, 0) is 0 Å². The lowest BCUT2D eigenvalue weighted by Crippen LogP contribution is -2.29. The van der Waals surface area contributed by atoms with Crippen molar-refractivity contribution in [3.8, 4) is 11.9 Å². The molecule has 0 saturated carbocycles. The zero-order valence-electron chi connectivity index (χ0n) is 17.4. The normalized spacial score (nSPS) is 17.6. The molecule has 3 aromatic rings. The van der Waals surface area contributed by atoms with E-state index in [2.05, 4.69) is 9.97 Å². The maximum absolute atomic E-state index is 13.2. The molecule has 0 bridgehead atoms. The highest BCUT2D eigenvalue weighted by Gasteiger charge is 2.36. The Morgan fingerprint density at radius 1 is 1.12 bits per heavy atom. The van der Waals surface area contributed by atoms with E-state index >= 15 is 0 Å². The molecule has 0 aliphatic carbocycles. The zero-order chi connectivity index (χ0) is 23.4. The molecule has 168 valence electrons. The number of nitriles is 1. The van der Waals surface area contributed by atoms with Crippen LogP contribution in [0, 0.1) is 23.2 Å². The summed E-state index contributed by atoms with van der Waals surface area (Å²) < 4.78 is 18.9. The van der Waals surface area contributed by atoms with E-state index in [9.17, 15) is 9.18 Å². The van der Waals surface area contributed by atoms with Gasteiger partial charge in [0.15, 0.2) is 0 Å². The highest BCUT2D eigenvalue weighted by atomic mass is 35.5. The van der Waals surface area contributed by atoms with Gasteiger partial charge in [0.25, 0.3) is 5.91 Å². The Kier molecular flexibility index (Phi) is 7.07. The van der Waals surface area contributed by atoms with Crippen molar-refractivity contribution in [2.45, 2.75) is 12.3 Å². The number of hydrogen-bond donors (Lipinski definition) is 0. The molecule has 1 amide bonds. The zero-order valence-corrected chi connectivity index (χ0v) is 18.9. The van der Waals surface area contributed by atoms with Gasteiger partial charge in [0, 0.05) is 37.5 Å². The minimum atomic E-state index is -0.631. The Hall–Kier alpha value is -3.21. The predicted octanol–water partition coefficient (Wildman–Crippen LogP) is 5.12. The summed E-state index contributed by atoms with van der Waals surface area (Å²) in [5.41, 5.74) is 1.78. The average molecular weight is 485 g/mol. The number of halogens is 3. The summed E-state index contributed by atoms with van der Waals surface area (Å²) in [5, 5.41) is 9.81. The molecule has 1 saturated heterocycles. The molecule has 3 heterocycles. The van der Waals surface area contributed by atoms with Crippen molar-refractivity contribution < 1.29 is 13.9 Å². The van der Waals surface area contributed by atoms with Crippen LogP contribution in [0.3, 0.4) is 0 Å². The molecule has 6 nitrogen and oxygen atoms in total. The second kappa shape index (κ2) is 10.2. The first-order valence-corrected chi connectivity index (χ1v) is 11.0. The summed E-state index contributed by atoms with van der Waals surface area (Å²) in [4.78, 5) is 22.5. The monoisotopic (exact) mass is 484 g/mol.